The number of rotatable bonds is 6. The molecule has 0 bridgehead atoms. The second-order valence-electron chi connectivity index (χ2n) is 7.18. The largest absolute Gasteiger partial charge is 0.495 e. The molecule has 0 amide bonds. The molecule has 0 aliphatic heterocycles. The minimum atomic E-state index is -4.95. The maximum absolute atomic E-state index is 13.8. The SMILES string of the molecule is COc1cncc(-c2ccc(S(=O)(=O)[C@H]3C[C@@H](OC)[C@H](C(=O)O)C3)c(C(F)(F)F)c2)c1. The number of aliphatic carboxylic acids is 1. The van der Waals surface area contributed by atoms with Gasteiger partial charge in [0.25, 0.3) is 0 Å². The molecule has 1 N–H and O–H groups in total. The Kier molecular flexibility index (Phi) is 6.28. The molecule has 1 aromatic carbocycles. The molecule has 3 rings (SSSR count). The van der Waals surface area contributed by atoms with Crippen molar-refractivity contribution in [2.24, 2.45) is 5.92 Å². The van der Waals surface area contributed by atoms with Crippen molar-refractivity contribution in [2.75, 3.05) is 14.2 Å². The molecule has 2 aromatic rings. The van der Waals surface area contributed by atoms with Gasteiger partial charge in [-0.05, 0) is 36.6 Å². The molecule has 1 heterocycles. The third-order valence-electron chi connectivity index (χ3n) is 5.39. The summed E-state index contributed by atoms with van der Waals surface area (Å²) in [7, 11) is -1.85. The van der Waals surface area contributed by atoms with Crippen LogP contribution in [0.3, 0.4) is 0 Å². The van der Waals surface area contributed by atoms with Crippen molar-refractivity contribution >= 4 is 15.8 Å². The van der Waals surface area contributed by atoms with E-state index in [2.05, 4.69) is 4.98 Å². The minimum absolute atomic E-state index is 0.113. The van der Waals surface area contributed by atoms with Crippen molar-refractivity contribution in [3.8, 4) is 16.9 Å². The average Bonchev–Trinajstić information content (AvgIpc) is 3.18. The smallest absolute Gasteiger partial charge is 0.417 e. The van der Waals surface area contributed by atoms with E-state index in [-0.39, 0.29) is 18.4 Å². The summed E-state index contributed by atoms with van der Waals surface area (Å²) in [6, 6.07) is 4.40. The number of carboxylic acid groups (broad SMARTS) is 1. The first-order valence-corrected chi connectivity index (χ1v) is 10.7. The number of sulfone groups is 1. The Hall–Kier alpha value is -2.66. The maximum atomic E-state index is 13.8. The van der Waals surface area contributed by atoms with Gasteiger partial charge in [0.2, 0.25) is 0 Å². The Morgan fingerprint density at radius 3 is 2.39 bits per heavy atom. The Morgan fingerprint density at radius 1 is 1.13 bits per heavy atom. The molecule has 1 fully saturated rings. The molecular formula is C20H20F3NO6S. The van der Waals surface area contributed by atoms with Crippen LogP contribution in [0.15, 0.2) is 41.6 Å². The minimum Gasteiger partial charge on any atom is -0.495 e. The highest BCUT2D eigenvalue weighted by Gasteiger charge is 2.47. The van der Waals surface area contributed by atoms with Gasteiger partial charge in [-0.3, -0.25) is 9.78 Å². The van der Waals surface area contributed by atoms with Crippen molar-refractivity contribution < 1.29 is 41.0 Å². The molecule has 1 aliphatic carbocycles. The second kappa shape index (κ2) is 8.46. The van der Waals surface area contributed by atoms with Crippen LogP contribution in [-0.2, 0) is 25.5 Å². The van der Waals surface area contributed by atoms with E-state index >= 15 is 0 Å². The molecule has 11 heteroatoms. The van der Waals surface area contributed by atoms with Crippen LogP contribution < -0.4 is 4.74 Å². The number of ether oxygens (including phenoxy) is 2. The topological polar surface area (TPSA) is 103 Å². The van der Waals surface area contributed by atoms with Gasteiger partial charge in [0.05, 0.1) is 41.0 Å². The summed E-state index contributed by atoms with van der Waals surface area (Å²) in [5.41, 5.74) is -0.886. The third kappa shape index (κ3) is 4.52. The lowest BCUT2D eigenvalue weighted by Gasteiger charge is -2.18. The molecule has 168 valence electrons. The predicted molar refractivity (Wildman–Crippen MR) is 103 cm³/mol. The lowest BCUT2D eigenvalue weighted by atomic mass is 10.0. The molecular weight excluding hydrogens is 439 g/mol. The van der Waals surface area contributed by atoms with Crippen molar-refractivity contribution in [2.45, 2.75) is 35.3 Å². The van der Waals surface area contributed by atoms with Gasteiger partial charge in [-0.2, -0.15) is 13.2 Å². The second-order valence-corrected chi connectivity index (χ2v) is 9.38. The molecule has 0 saturated heterocycles. The Labute approximate surface area is 176 Å². The van der Waals surface area contributed by atoms with Crippen molar-refractivity contribution in [1.82, 2.24) is 4.98 Å². The number of hydrogen-bond donors (Lipinski definition) is 1. The van der Waals surface area contributed by atoms with Gasteiger partial charge < -0.3 is 14.6 Å². The summed E-state index contributed by atoms with van der Waals surface area (Å²) in [4.78, 5) is 14.4. The Morgan fingerprint density at radius 2 is 1.84 bits per heavy atom. The molecule has 0 unspecified atom stereocenters. The summed E-state index contributed by atoms with van der Waals surface area (Å²) in [5.74, 6) is -2.03. The van der Waals surface area contributed by atoms with Gasteiger partial charge in [0.1, 0.15) is 5.75 Å². The van der Waals surface area contributed by atoms with Gasteiger partial charge in [0, 0.05) is 18.9 Å². The van der Waals surface area contributed by atoms with E-state index in [1.807, 2.05) is 0 Å². The molecule has 3 atom stereocenters. The highest BCUT2D eigenvalue weighted by molar-refractivity contribution is 7.92. The third-order valence-corrected chi connectivity index (χ3v) is 7.62. The quantitative estimate of drug-likeness (QED) is 0.706. The normalized spacial score (nSPS) is 21.8. The first-order valence-electron chi connectivity index (χ1n) is 9.19. The zero-order valence-electron chi connectivity index (χ0n) is 16.6. The average molecular weight is 459 g/mol. The van der Waals surface area contributed by atoms with Crippen LogP contribution in [-0.4, -0.2) is 50.1 Å². The predicted octanol–water partition coefficient (Wildman–Crippen LogP) is 3.43. The zero-order chi connectivity index (χ0) is 23.0. The van der Waals surface area contributed by atoms with Crippen LogP contribution in [0.25, 0.3) is 11.1 Å². The lowest BCUT2D eigenvalue weighted by Crippen LogP contribution is -2.24. The number of pyridine rings is 1. The molecule has 1 aliphatic rings. The maximum Gasteiger partial charge on any atom is 0.417 e. The number of nitrogens with zero attached hydrogens (tertiary/aromatic N) is 1. The lowest BCUT2D eigenvalue weighted by molar-refractivity contribution is -0.145. The molecule has 1 saturated carbocycles. The summed E-state index contributed by atoms with van der Waals surface area (Å²) in [6.45, 7) is 0. The van der Waals surface area contributed by atoms with Gasteiger partial charge in [-0.15, -0.1) is 0 Å². The molecule has 31 heavy (non-hydrogen) atoms. The summed E-state index contributed by atoms with van der Waals surface area (Å²) >= 11 is 0. The number of carboxylic acids is 1. The van der Waals surface area contributed by atoms with Crippen LogP contribution in [0.4, 0.5) is 13.2 Å². The number of methoxy groups -OCH3 is 2. The number of halogens is 3. The Balaban J connectivity index is 2.07. The standard InChI is InChI=1S/C20H20F3NO6S/c1-29-13-5-12(9-24-10-13)11-3-4-18(16(6-11)20(21,22)23)31(27,28)14-7-15(19(25)26)17(8-14)30-2/h3-6,9-10,14-15,17H,7-8H2,1-2H3,(H,25,26)/t14-,15-,17-/m1/s1. The van der Waals surface area contributed by atoms with E-state index in [1.54, 1.807) is 0 Å². The molecule has 0 spiro atoms. The van der Waals surface area contributed by atoms with Gasteiger partial charge in [-0.25, -0.2) is 8.42 Å². The van der Waals surface area contributed by atoms with E-state index in [0.717, 1.165) is 12.1 Å². The van der Waals surface area contributed by atoms with Crippen LogP contribution in [0.2, 0.25) is 0 Å². The van der Waals surface area contributed by atoms with Crippen LogP contribution in [0.5, 0.6) is 5.75 Å². The van der Waals surface area contributed by atoms with Crippen molar-refractivity contribution in [3.05, 3.63) is 42.2 Å². The summed E-state index contributed by atoms with van der Waals surface area (Å²) < 4.78 is 77.8. The first kappa shape index (κ1) is 23.0. The number of hydrogen-bond acceptors (Lipinski definition) is 6. The monoisotopic (exact) mass is 459 g/mol. The molecule has 1 aromatic heterocycles. The summed E-state index contributed by atoms with van der Waals surface area (Å²) in [5, 5.41) is 7.99. The molecule has 0 radical (unpaired) electrons. The first-order chi connectivity index (χ1) is 14.5. The van der Waals surface area contributed by atoms with Crippen LogP contribution in [0, 0.1) is 5.92 Å². The number of alkyl halides is 3. The van der Waals surface area contributed by atoms with E-state index in [4.69, 9.17) is 9.47 Å². The van der Waals surface area contributed by atoms with Gasteiger partial charge in [0.15, 0.2) is 9.84 Å². The highest BCUT2D eigenvalue weighted by Crippen LogP contribution is 2.42. The fourth-order valence-electron chi connectivity index (χ4n) is 3.78. The fraction of sp³-hybridized carbons (Fsp3) is 0.400. The van der Waals surface area contributed by atoms with Crippen molar-refractivity contribution in [3.63, 3.8) is 0 Å². The van der Waals surface area contributed by atoms with Gasteiger partial charge >= 0.3 is 12.1 Å². The van der Waals surface area contributed by atoms with Crippen LogP contribution >= 0.6 is 0 Å². The highest BCUT2D eigenvalue weighted by atomic mass is 32.2. The van der Waals surface area contributed by atoms with E-state index < -0.39 is 49.7 Å². The molecule has 7 nitrogen and oxygen atoms in total. The van der Waals surface area contributed by atoms with Gasteiger partial charge in [-0.1, -0.05) is 6.07 Å². The van der Waals surface area contributed by atoms with E-state index in [9.17, 15) is 31.5 Å². The van der Waals surface area contributed by atoms with E-state index in [1.165, 1.54) is 38.7 Å². The number of benzene rings is 1. The summed E-state index contributed by atoms with van der Waals surface area (Å²) in [6.07, 6.45) is -3.64. The van der Waals surface area contributed by atoms with Crippen LogP contribution in [0.1, 0.15) is 18.4 Å². The van der Waals surface area contributed by atoms with E-state index in [0.29, 0.717) is 11.3 Å². The van der Waals surface area contributed by atoms with Crippen molar-refractivity contribution in [1.29, 1.82) is 0 Å². The number of aromatic nitrogens is 1. The zero-order valence-corrected chi connectivity index (χ0v) is 17.4. The number of carbonyl (C=O) groups is 1. The fourth-order valence-corrected chi connectivity index (χ4v) is 5.78. The Bertz CT molecular complexity index is 1090.